The topological polar surface area (TPSA) is 148 Å². The van der Waals surface area contributed by atoms with E-state index in [1.807, 2.05) is 45.1 Å². The number of methoxy groups -OCH3 is 1. The molecular weight excluding hydrogens is 769 g/mol. The Balaban J connectivity index is 1.20. The lowest BCUT2D eigenvalue weighted by molar-refractivity contribution is -0.300. The second-order valence-corrected chi connectivity index (χ2v) is 17.8. The monoisotopic (exact) mass is 832 g/mol. The molecule has 0 amide bonds. The van der Waals surface area contributed by atoms with Crippen LogP contribution in [0.1, 0.15) is 90.9 Å². The minimum Gasteiger partial charge on any atom is -0.462 e. The normalized spacial score (nSPS) is 43.7. The first kappa shape index (κ1) is 44.6. The van der Waals surface area contributed by atoms with E-state index >= 15 is 0 Å². The zero-order chi connectivity index (χ0) is 42.9. The van der Waals surface area contributed by atoms with Crippen LogP contribution in [0.15, 0.2) is 89.6 Å². The molecule has 0 saturated carbocycles. The van der Waals surface area contributed by atoms with Crippen molar-refractivity contribution in [1.29, 1.82) is 0 Å². The Kier molecular flexibility index (Phi) is 13.7. The van der Waals surface area contributed by atoms with Gasteiger partial charge in [0.1, 0.15) is 35.9 Å². The van der Waals surface area contributed by atoms with Crippen molar-refractivity contribution in [2.24, 2.45) is 23.7 Å². The van der Waals surface area contributed by atoms with Gasteiger partial charge in [-0.25, -0.2) is 4.79 Å². The van der Waals surface area contributed by atoms with Crippen molar-refractivity contribution in [2.75, 3.05) is 13.7 Å². The maximum atomic E-state index is 14.3. The summed E-state index contributed by atoms with van der Waals surface area (Å²) < 4.78 is 51.2. The lowest BCUT2D eigenvalue weighted by Crippen LogP contribution is -2.58. The molecular formula is C48H64O12. The SMILES string of the molecule is CCC(C)[C@H]1OC2(C=C[C@@H]1C)C[C@@H]1C[C@@H](C/C=C(\C)[C@@H](OC3C[C@H](OC)[C@@H](OC(=O)c4ccccc4)[C@H](C)O3)[C@@H](C)/C=C/C=C3\CO[C@@H]4[C@H](O)C(C)=CC(C(=O)O1)[C@]34O)O2. The van der Waals surface area contributed by atoms with Crippen LogP contribution >= 0.6 is 0 Å². The third kappa shape index (κ3) is 9.04. The quantitative estimate of drug-likeness (QED) is 0.222. The lowest BCUT2D eigenvalue weighted by atomic mass is 9.71. The van der Waals surface area contributed by atoms with Crippen molar-refractivity contribution >= 4 is 11.9 Å². The number of fused-ring (bicyclic) bond motifs is 2. The molecule has 1 aliphatic carbocycles. The summed E-state index contributed by atoms with van der Waals surface area (Å²) in [4.78, 5) is 27.4. The second-order valence-electron chi connectivity index (χ2n) is 17.8. The number of carbonyl (C=O) groups is 2. The van der Waals surface area contributed by atoms with Crippen LogP contribution in [0.5, 0.6) is 0 Å². The minimum atomic E-state index is -1.84. The van der Waals surface area contributed by atoms with Crippen molar-refractivity contribution in [3.05, 3.63) is 95.1 Å². The number of benzene rings is 1. The lowest BCUT2D eigenvalue weighted by Gasteiger charge is -2.48. The predicted octanol–water partition coefficient (Wildman–Crippen LogP) is 6.71. The third-order valence-electron chi connectivity index (χ3n) is 13.5. The maximum Gasteiger partial charge on any atom is 0.338 e. The third-order valence-corrected chi connectivity index (χ3v) is 13.5. The molecule has 60 heavy (non-hydrogen) atoms. The van der Waals surface area contributed by atoms with E-state index in [-0.39, 0.29) is 36.9 Å². The molecule has 1 spiro atoms. The average Bonchev–Trinajstić information content (AvgIpc) is 3.57. The van der Waals surface area contributed by atoms with Crippen LogP contribution in [-0.4, -0.2) is 108 Å². The van der Waals surface area contributed by atoms with Crippen molar-refractivity contribution in [1.82, 2.24) is 0 Å². The first-order valence-corrected chi connectivity index (χ1v) is 21.8. The Morgan fingerprint density at radius 1 is 1.02 bits per heavy atom. The Hall–Kier alpha value is -3.46. The predicted molar refractivity (Wildman–Crippen MR) is 222 cm³/mol. The highest BCUT2D eigenvalue weighted by Crippen LogP contribution is 2.47. The molecule has 328 valence electrons. The van der Waals surface area contributed by atoms with Crippen LogP contribution in [-0.2, 0) is 42.7 Å². The fourth-order valence-electron chi connectivity index (χ4n) is 9.79. The minimum absolute atomic E-state index is 0.0270. The van der Waals surface area contributed by atoms with Crippen molar-refractivity contribution in [2.45, 2.75) is 153 Å². The van der Waals surface area contributed by atoms with Gasteiger partial charge in [0.25, 0.3) is 0 Å². The van der Waals surface area contributed by atoms with Gasteiger partial charge in [0.15, 0.2) is 18.2 Å². The molecule has 16 atom stereocenters. The van der Waals surface area contributed by atoms with Gasteiger partial charge >= 0.3 is 11.9 Å². The largest absolute Gasteiger partial charge is 0.462 e. The van der Waals surface area contributed by atoms with Crippen LogP contribution in [0.2, 0.25) is 0 Å². The number of carbonyl (C=O) groups excluding carboxylic acids is 2. The molecule has 2 bridgehead atoms. The van der Waals surface area contributed by atoms with Crippen LogP contribution in [0.3, 0.4) is 0 Å². The first-order chi connectivity index (χ1) is 28.7. The molecule has 1 aromatic rings. The van der Waals surface area contributed by atoms with E-state index in [9.17, 15) is 19.8 Å². The number of esters is 2. The fraction of sp³-hybridized carbons (Fsp3) is 0.625. The Bertz CT molecular complexity index is 1850. The van der Waals surface area contributed by atoms with Gasteiger partial charge in [-0.2, -0.15) is 0 Å². The summed E-state index contributed by atoms with van der Waals surface area (Å²) in [6, 6.07) is 8.84. The highest BCUT2D eigenvalue weighted by atomic mass is 16.7. The van der Waals surface area contributed by atoms with Gasteiger partial charge in [-0.15, -0.1) is 0 Å². The van der Waals surface area contributed by atoms with Crippen LogP contribution < -0.4 is 0 Å². The molecule has 5 heterocycles. The molecule has 2 N–H and O–H groups in total. The zero-order valence-electron chi connectivity index (χ0n) is 36.2. The van der Waals surface area contributed by atoms with E-state index in [2.05, 4.69) is 32.9 Å². The molecule has 0 aromatic heterocycles. The highest BCUT2D eigenvalue weighted by molar-refractivity contribution is 5.89. The fourth-order valence-corrected chi connectivity index (χ4v) is 9.79. The summed E-state index contributed by atoms with van der Waals surface area (Å²) in [5.41, 5.74) is 0.549. The van der Waals surface area contributed by atoms with E-state index in [1.54, 1.807) is 50.5 Å². The summed E-state index contributed by atoms with van der Waals surface area (Å²) in [6.07, 6.45) is 9.82. The zero-order valence-corrected chi connectivity index (χ0v) is 36.2. The molecule has 12 nitrogen and oxygen atoms in total. The van der Waals surface area contributed by atoms with Gasteiger partial charge in [-0.1, -0.05) is 88.8 Å². The van der Waals surface area contributed by atoms with Gasteiger partial charge in [0.2, 0.25) is 0 Å². The molecule has 0 radical (unpaired) electrons. The Morgan fingerprint density at radius 2 is 1.78 bits per heavy atom. The van der Waals surface area contributed by atoms with Gasteiger partial charge in [-0.3, -0.25) is 4.79 Å². The summed E-state index contributed by atoms with van der Waals surface area (Å²) in [5, 5.41) is 23.7. The molecule has 6 aliphatic rings. The number of allylic oxidation sites excluding steroid dienone is 2. The van der Waals surface area contributed by atoms with E-state index < -0.39 is 84.4 Å². The standard InChI is InChI=1S/C48H64O12/c1-9-27(2)42-30(5)20-21-47(60-42)25-36-23-35(59-47)19-18-29(4)41(57-39-24-38(53-8)43(32(7)55-39)58-45(50)33-15-11-10-12-16-33)28(3)14-13-17-34-26-54-44-40(49)31(6)22-37(46(51)56-36)48(34,44)52/h10-18,20-22,27-28,30,32,35-44,49,52H,9,19,23-26H2,1-8H3/b14-13+,29-18+,34-17+/t27?,28-,30-,32-,35+,36-,37?,38-,39?,40+,41-,42+,43-,44+,47?,48+/m0/s1. The summed E-state index contributed by atoms with van der Waals surface area (Å²) >= 11 is 0. The van der Waals surface area contributed by atoms with Crippen molar-refractivity contribution in [3.63, 3.8) is 0 Å². The maximum absolute atomic E-state index is 14.3. The Labute approximate surface area is 354 Å². The molecule has 3 fully saturated rings. The van der Waals surface area contributed by atoms with Crippen LogP contribution in [0.4, 0.5) is 0 Å². The highest BCUT2D eigenvalue weighted by Gasteiger charge is 2.60. The summed E-state index contributed by atoms with van der Waals surface area (Å²) in [6.45, 7) is 14.2. The number of hydrogen-bond acceptors (Lipinski definition) is 12. The van der Waals surface area contributed by atoms with Crippen LogP contribution in [0.25, 0.3) is 0 Å². The smallest absolute Gasteiger partial charge is 0.338 e. The molecule has 4 unspecified atom stereocenters. The van der Waals surface area contributed by atoms with E-state index in [0.717, 1.165) is 12.0 Å². The molecule has 12 heteroatoms. The summed E-state index contributed by atoms with van der Waals surface area (Å²) in [7, 11) is 1.59. The van der Waals surface area contributed by atoms with Gasteiger partial charge in [-0.05, 0) is 68.0 Å². The number of ether oxygens (including phenoxy) is 8. The molecule has 5 aliphatic heterocycles. The number of aliphatic hydroxyl groups is 2. The average molecular weight is 833 g/mol. The van der Waals surface area contributed by atoms with Crippen LogP contribution in [0, 0.1) is 23.7 Å². The van der Waals surface area contributed by atoms with E-state index in [0.29, 0.717) is 36.0 Å². The number of aliphatic hydroxyl groups excluding tert-OH is 1. The van der Waals surface area contributed by atoms with E-state index in [4.69, 9.17) is 37.9 Å². The summed E-state index contributed by atoms with van der Waals surface area (Å²) in [5.74, 6) is -3.04. The Morgan fingerprint density at radius 3 is 2.52 bits per heavy atom. The number of hydrogen-bond donors (Lipinski definition) is 2. The first-order valence-electron chi connectivity index (χ1n) is 21.8. The second kappa shape index (κ2) is 18.5. The number of rotatable bonds is 7. The molecule has 7 rings (SSSR count). The van der Waals surface area contributed by atoms with E-state index in [1.165, 1.54) is 0 Å². The molecule has 1 aromatic carbocycles. The van der Waals surface area contributed by atoms with Crippen molar-refractivity contribution in [3.8, 4) is 0 Å². The van der Waals surface area contributed by atoms with Gasteiger partial charge in [0.05, 0.1) is 36.6 Å². The van der Waals surface area contributed by atoms with Crippen molar-refractivity contribution < 1.29 is 57.7 Å². The van der Waals surface area contributed by atoms with Gasteiger partial charge in [0, 0.05) is 38.2 Å². The molecule has 3 saturated heterocycles. The van der Waals surface area contributed by atoms with Gasteiger partial charge < -0.3 is 48.1 Å².